The molecule has 0 bridgehead atoms. The third-order valence-corrected chi connectivity index (χ3v) is 2.22. The summed E-state index contributed by atoms with van der Waals surface area (Å²) in [7, 11) is 0. The minimum Gasteiger partial charge on any atom is -0.478 e. The number of rotatable bonds is 5. The van der Waals surface area contributed by atoms with Crippen molar-refractivity contribution in [2.24, 2.45) is 0 Å². The number of aromatic carboxylic acids is 2. The molecule has 5 heteroatoms. The number of carbonyl (C=O) groups is 2. The van der Waals surface area contributed by atoms with Gasteiger partial charge < -0.3 is 15.3 Å². The second-order valence-corrected chi connectivity index (χ2v) is 3.27. The lowest BCUT2D eigenvalue weighted by Gasteiger charge is -2.08. The lowest BCUT2D eigenvalue weighted by atomic mass is 9.97. The molecule has 5 nitrogen and oxygen atoms in total. The molecular formula is C11H12O5. The van der Waals surface area contributed by atoms with E-state index in [0.717, 1.165) is 0 Å². The number of hydrogen-bond acceptors (Lipinski definition) is 3. The van der Waals surface area contributed by atoms with Crippen LogP contribution in [0.5, 0.6) is 0 Å². The maximum absolute atomic E-state index is 10.9. The first-order valence-electron chi connectivity index (χ1n) is 4.77. The number of carboxylic acids is 2. The Bertz CT molecular complexity index is 379. The first-order chi connectivity index (χ1) is 7.57. The van der Waals surface area contributed by atoms with E-state index in [0.29, 0.717) is 6.42 Å². The number of aliphatic hydroxyl groups is 1. The van der Waals surface area contributed by atoms with E-state index in [1.165, 1.54) is 18.2 Å². The van der Waals surface area contributed by atoms with Gasteiger partial charge in [-0.1, -0.05) is 6.07 Å². The van der Waals surface area contributed by atoms with Gasteiger partial charge in [-0.3, -0.25) is 0 Å². The van der Waals surface area contributed by atoms with Gasteiger partial charge in [0, 0.05) is 6.61 Å². The van der Waals surface area contributed by atoms with Crippen LogP contribution in [-0.4, -0.2) is 33.9 Å². The fourth-order valence-corrected chi connectivity index (χ4v) is 1.51. The summed E-state index contributed by atoms with van der Waals surface area (Å²) in [5, 5.41) is 26.5. The molecule has 3 N–H and O–H groups in total. The normalized spacial score (nSPS) is 10.1. The predicted octanol–water partition coefficient (Wildman–Crippen LogP) is 1.01. The molecule has 0 saturated heterocycles. The van der Waals surface area contributed by atoms with Crippen LogP contribution in [0.2, 0.25) is 0 Å². The summed E-state index contributed by atoms with van der Waals surface area (Å²) in [6, 6.07) is 4.12. The topological polar surface area (TPSA) is 94.8 Å². The first-order valence-corrected chi connectivity index (χ1v) is 4.77. The van der Waals surface area contributed by atoms with Crippen molar-refractivity contribution in [1.29, 1.82) is 0 Å². The van der Waals surface area contributed by atoms with Gasteiger partial charge in [-0.25, -0.2) is 9.59 Å². The van der Waals surface area contributed by atoms with Crippen molar-refractivity contribution < 1.29 is 24.9 Å². The smallest absolute Gasteiger partial charge is 0.335 e. The molecule has 0 fully saturated rings. The van der Waals surface area contributed by atoms with E-state index in [9.17, 15) is 9.59 Å². The van der Waals surface area contributed by atoms with Gasteiger partial charge >= 0.3 is 11.9 Å². The maximum Gasteiger partial charge on any atom is 0.335 e. The molecule has 0 amide bonds. The van der Waals surface area contributed by atoms with E-state index in [2.05, 4.69) is 0 Å². The molecular weight excluding hydrogens is 212 g/mol. The highest BCUT2D eigenvalue weighted by Gasteiger charge is 2.17. The van der Waals surface area contributed by atoms with E-state index < -0.39 is 11.9 Å². The van der Waals surface area contributed by atoms with E-state index in [4.69, 9.17) is 15.3 Å². The van der Waals surface area contributed by atoms with Crippen molar-refractivity contribution in [3.63, 3.8) is 0 Å². The molecule has 0 aromatic heterocycles. The minimum absolute atomic E-state index is 0.0200. The summed E-state index contributed by atoms with van der Waals surface area (Å²) in [6.45, 7) is -0.104. The van der Waals surface area contributed by atoms with Crippen molar-refractivity contribution in [2.45, 2.75) is 12.8 Å². The Morgan fingerprint density at radius 2 is 1.56 bits per heavy atom. The van der Waals surface area contributed by atoms with Gasteiger partial charge in [-0.05, 0) is 30.5 Å². The molecule has 0 aliphatic carbocycles. The molecule has 0 radical (unpaired) electrons. The van der Waals surface area contributed by atoms with Gasteiger partial charge in [0.05, 0.1) is 11.1 Å². The quantitative estimate of drug-likeness (QED) is 0.693. The zero-order valence-electron chi connectivity index (χ0n) is 8.51. The Labute approximate surface area is 92.0 Å². The number of hydrogen-bond donors (Lipinski definition) is 3. The van der Waals surface area contributed by atoms with Crippen molar-refractivity contribution in [3.8, 4) is 0 Å². The van der Waals surface area contributed by atoms with Crippen LogP contribution >= 0.6 is 0 Å². The van der Waals surface area contributed by atoms with Gasteiger partial charge in [-0.2, -0.15) is 0 Å². The number of aliphatic hydroxyl groups excluding tert-OH is 1. The summed E-state index contributed by atoms with van der Waals surface area (Å²) in [5.41, 5.74) is 0.221. The molecule has 0 spiro atoms. The molecule has 1 rings (SSSR count). The van der Waals surface area contributed by atoms with Crippen LogP contribution in [0.4, 0.5) is 0 Å². The van der Waals surface area contributed by atoms with Crippen LogP contribution in [0.1, 0.15) is 32.7 Å². The minimum atomic E-state index is -1.16. The summed E-state index contributed by atoms with van der Waals surface area (Å²) in [6.07, 6.45) is 0.575. The Morgan fingerprint density at radius 3 is 1.94 bits per heavy atom. The highest BCUT2D eigenvalue weighted by molar-refractivity contribution is 5.96. The second-order valence-electron chi connectivity index (χ2n) is 3.27. The van der Waals surface area contributed by atoms with Crippen LogP contribution in [-0.2, 0) is 6.42 Å². The molecule has 86 valence electrons. The largest absolute Gasteiger partial charge is 0.478 e. The van der Waals surface area contributed by atoms with Gasteiger partial charge in [0.2, 0.25) is 0 Å². The molecule has 0 saturated carbocycles. The highest BCUT2D eigenvalue weighted by Crippen LogP contribution is 2.17. The van der Waals surface area contributed by atoms with E-state index in [1.807, 2.05) is 0 Å². The summed E-state index contributed by atoms with van der Waals surface area (Å²) in [4.78, 5) is 21.8. The van der Waals surface area contributed by atoms with E-state index in [-0.39, 0.29) is 29.7 Å². The summed E-state index contributed by atoms with van der Waals surface area (Å²) in [5.74, 6) is -2.31. The molecule has 1 aromatic rings. The zero-order valence-corrected chi connectivity index (χ0v) is 8.51. The Balaban J connectivity index is 3.23. The van der Waals surface area contributed by atoms with E-state index >= 15 is 0 Å². The monoisotopic (exact) mass is 224 g/mol. The molecule has 0 unspecified atom stereocenters. The maximum atomic E-state index is 10.9. The Hall–Kier alpha value is -1.88. The lowest BCUT2D eigenvalue weighted by molar-refractivity contribution is 0.0695. The molecule has 1 aromatic carbocycles. The first kappa shape index (κ1) is 12.2. The van der Waals surface area contributed by atoms with Crippen molar-refractivity contribution in [3.05, 3.63) is 34.9 Å². The van der Waals surface area contributed by atoms with Crippen molar-refractivity contribution >= 4 is 11.9 Å². The Morgan fingerprint density at radius 1 is 1.06 bits per heavy atom. The molecule has 16 heavy (non-hydrogen) atoms. The highest BCUT2D eigenvalue weighted by atomic mass is 16.4. The van der Waals surface area contributed by atoms with Crippen LogP contribution < -0.4 is 0 Å². The molecule has 0 aliphatic heterocycles. The zero-order chi connectivity index (χ0) is 12.1. The fraction of sp³-hybridized carbons (Fsp3) is 0.273. The standard InChI is InChI=1S/C11H12O5/c12-6-2-5-7-8(10(13)14)3-1-4-9(7)11(15)16/h1,3-4,12H,2,5-6H2,(H,13,14)(H,15,16). The van der Waals surface area contributed by atoms with Crippen LogP contribution in [0.3, 0.4) is 0 Å². The van der Waals surface area contributed by atoms with Gasteiger partial charge in [0.15, 0.2) is 0 Å². The average Bonchev–Trinajstić information content (AvgIpc) is 2.25. The van der Waals surface area contributed by atoms with Gasteiger partial charge in [0.1, 0.15) is 0 Å². The van der Waals surface area contributed by atoms with E-state index in [1.54, 1.807) is 0 Å². The van der Waals surface area contributed by atoms with Crippen molar-refractivity contribution in [2.75, 3.05) is 6.61 Å². The van der Waals surface area contributed by atoms with Crippen LogP contribution in [0, 0.1) is 0 Å². The molecule has 0 aliphatic rings. The lowest BCUT2D eigenvalue weighted by Crippen LogP contribution is -2.10. The summed E-state index contributed by atoms with van der Waals surface area (Å²) >= 11 is 0. The van der Waals surface area contributed by atoms with Gasteiger partial charge in [0.25, 0.3) is 0 Å². The molecule has 0 atom stereocenters. The fourth-order valence-electron chi connectivity index (χ4n) is 1.51. The second kappa shape index (κ2) is 5.27. The van der Waals surface area contributed by atoms with Crippen molar-refractivity contribution in [1.82, 2.24) is 0 Å². The van der Waals surface area contributed by atoms with Gasteiger partial charge in [-0.15, -0.1) is 0 Å². The average molecular weight is 224 g/mol. The van der Waals surface area contributed by atoms with Crippen LogP contribution in [0.25, 0.3) is 0 Å². The molecule has 0 heterocycles. The Kier molecular flexibility index (Phi) is 4.02. The van der Waals surface area contributed by atoms with Crippen LogP contribution in [0.15, 0.2) is 18.2 Å². The number of benzene rings is 1. The summed E-state index contributed by atoms with van der Waals surface area (Å²) < 4.78 is 0. The third-order valence-electron chi connectivity index (χ3n) is 2.22. The predicted molar refractivity (Wildman–Crippen MR) is 55.8 cm³/mol. The third kappa shape index (κ3) is 2.58. The number of carboxylic acid groups (broad SMARTS) is 2. The SMILES string of the molecule is O=C(O)c1cccc(C(=O)O)c1CCCO.